The van der Waals surface area contributed by atoms with E-state index in [9.17, 15) is 5.11 Å². The first-order valence-corrected chi connectivity index (χ1v) is 4.09. The third-order valence-electron chi connectivity index (χ3n) is 3.09. The number of aliphatic hydroxyl groups is 1. The lowest BCUT2D eigenvalue weighted by atomic mass is 10.0. The van der Waals surface area contributed by atoms with Crippen LogP contribution in [0.2, 0.25) is 0 Å². The first-order valence-electron chi connectivity index (χ1n) is 4.09. The van der Waals surface area contributed by atoms with Gasteiger partial charge in [0.25, 0.3) is 0 Å². The van der Waals surface area contributed by atoms with Crippen molar-refractivity contribution in [2.45, 2.75) is 25.4 Å². The molecule has 2 aliphatic rings. The molecule has 2 heteroatoms. The normalized spacial score (nSPS) is 51.0. The SMILES string of the molecule is CNCC12CC(O)CC1C2. The van der Waals surface area contributed by atoms with E-state index in [4.69, 9.17) is 0 Å². The van der Waals surface area contributed by atoms with Crippen LogP contribution in [0, 0.1) is 11.3 Å². The van der Waals surface area contributed by atoms with Crippen LogP contribution >= 0.6 is 0 Å². The molecule has 2 nitrogen and oxygen atoms in total. The first kappa shape index (κ1) is 6.62. The summed E-state index contributed by atoms with van der Waals surface area (Å²) in [6, 6.07) is 0. The lowest BCUT2D eigenvalue weighted by molar-refractivity contribution is 0.158. The number of aliphatic hydroxyl groups excluding tert-OH is 1. The molecule has 0 aliphatic heterocycles. The van der Waals surface area contributed by atoms with E-state index in [1.807, 2.05) is 7.05 Å². The maximum absolute atomic E-state index is 9.29. The van der Waals surface area contributed by atoms with Gasteiger partial charge in [-0.25, -0.2) is 0 Å². The van der Waals surface area contributed by atoms with E-state index < -0.39 is 0 Å². The minimum Gasteiger partial charge on any atom is -0.393 e. The van der Waals surface area contributed by atoms with E-state index >= 15 is 0 Å². The van der Waals surface area contributed by atoms with Gasteiger partial charge in [-0.1, -0.05) is 0 Å². The Bertz CT molecular complexity index is 148. The zero-order chi connectivity index (χ0) is 7.19. The third kappa shape index (κ3) is 0.789. The van der Waals surface area contributed by atoms with Crippen LogP contribution in [0.25, 0.3) is 0 Å². The van der Waals surface area contributed by atoms with Crippen molar-refractivity contribution in [3.63, 3.8) is 0 Å². The molecule has 2 N–H and O–H groups in total. The van der Waals surface area contributed by atoms with E-state index in [2.05, 4.69) is 5.32 Å². The number of hydrogen-bond donors (Lipinski definition) is 2. The average molecular weight is 141 g/mol. The van der Waals surface area contributed by atoms with Crippen LogP contribution in [0.1, 0.15) is 19.3 Å². The smallest absolute Gasteiger partial charge is 0.0549 e. The van der Waals surface area contributed by atoms with Gasteiger partial charge in [-0.3, -0.25) is 0 Å². The fraction of sp³-hybridized carbons (Fsp3) is 1.00. The Balaban J connectivity index is 1.95. The van der Waals surface area contributed by atoms with Gasteiger partial charge >= 0.3 is 0 Å². The molecule has 3 unspecified atom stereocenters. The van der Waals surface area contributed by atoms with Crippen molar-refractivity contribution >= 4 is 0 Å². The zero-order valence-electron chi connectivity index (χ0n) is 6.43. The maximum Gasteiger partial charge on any atom is 0.0549 e. The minimum atomic E-state index is 0.00657. The highest BCUT2D eigenvalue weighted by Crippen LogP contribution is 2.62. The van der Waals surface area contributed by atoms with Crippen LogP contribution in [-0.4, -0.2) is 24.8 Å². The van der Waals surface area contributed by atoms with Crippen molar-refractivity contribution in [3.05, 3.63) is 0 Å². The summed E-state index contributed by atoms with van der Waals surface area (Å²) in [6.45, 7) is 1.11. The number of rotatable bonds is 2. The summed E-state index contributed by atoms with van der Waals surface area (Å²) in [6.07, 6.45) is 3.46. The highest BCUT2D eigenvalue weighted by atomic mass is 16.3. The predicted octanol–water partition coefficient (Wildman–Crippen LogP) is 0.367. The molecule has 2 saturated carbocycles. The van der Waals surface area contributed by atoms with Gasteiger partial charge < -0.3 is 10.4 Å². The molecule has 0 amide bonds. The standard InChI is InChI=1S/C8H15NO/c1-9-5-8-3-6(8)2-7(10)4-8/h6-7,9-10H,2-5H2,1H3. The van der Waals surface area contributed by atoms with E-state index in [0.717, 1.165) is 25.3 Å². The Morgan fingerprint density at radius 1 is 1.60 bits per heavy atom. The monoisotopic (exact) mass is 141 g/mol. The van der Waals surface area contributed by atoms with Crippen molar-refractivity contribution < 1.29 is 5.11 Å². The van der Waals surface area contributed by atoms with Crippen molar-refractivity contribution in [1.29, 1.82) is 0 Å². The second-order valence-corrected chi connectivity index (χ2v) is 3.89. The van der Waals surface area contributed by atoms with Crippen LogP contribution in [0.4, 0.5) is 0 Å². The highest BCUT2D eigenvalue weighted by Gasteiger charge is 2.58. The molecule has 3 atom stereocenters. The molecule has 2 rings (SSSR count). The number of nitrogens with one attached hydrogen (secondary N) is 1. The van der Waals surface area contributed by atoms with Crippen molar-refractivity contribution in [2.24, 2.45) is 11.3 Å². The summed E-state index contributed by atoms with van der Waals surface area (Å²) in [5, 5.41) is 12.5. The molecule has 0 saturated heterocycles. The second-order valence-electron chi connectivity index (χ2n) is 3.89. The van der Waals surface area contributed by atoms with Gasteiger partial charge in [0.15, 0.2) is 0 Å². The lowest BCUT2D eigenvalue weighted by Crippen LogP contribution is -2.21. The Hall–Kier alpha value is -0.0800. The third-order valence-corrected chi connectivity index (χ3v) is 3.09. The van der Waals surface area contributed by atoms with Crippen molar-refractivity contribution in [3.8, 4) is 0 Å². The predicted molar refractivity (Wildman–Crippen MR) is 39.7 cm³/mol. The number of hydrogen-bond acceptors (Lipinski definition) is 2. The zero-order valence-corrected chi connectivity index (χ0v) is 6.43. The molecular formula is C8H15NO. The molecule has 0 aromatic rings. The summed E-state index contributed by atoms with van der Waals surface area (Å²) in [5.41, 5.74) is 0.522. The molecule has 0 spiro atoms. The fourth-order valence-electron chi connectivity index (χ4n) is 2.54. The molecule has 2 fully saturated rings. The molecule has 2 aliphatic carbocycles. The molecule has 0 radical (unpaired) electrons. The van der Waals surface area contributed by atoms with Gasteiger partial charge in [-0.2, -0.15) is 0 Å². The van der Waals surface area contributed by atoms with Gasteiger partial charge in [-0.05, 0) is 37.6 Å². The maximum atomic E-state index is 9.29. The molecular weight excluding hydrogens is 126 g/mol. The van der Waals surface area contributed by atoms with Crippen LogP contribution in [0.5, 0.6) is 0 Å². The Morgan fingerprint density at radius 2 is 2.40 bits per heavy atom. The van der Waals surface area contributed by atoms with Crippen LogP contribution < -0.4 is 5.32 Å². The molecule has 58 valence electrons. The van der Waals surface area contributed by atoms with Gasteiger partial charge in [0.2, 0.25) is 0 Å². The average Bonchev–Trinajstić information content (AvgIpc) is 2.36. The Kier molecular flexibility index (Phi) is 1.29. The summed E-state index contributed by atoms with van der Waals surface area (Å²) in [4.78, 5) is 0. The molecule has 10 heavy (non-hydrogen) atoms. The molecule has 0 heterocycles. The second kappa shape index (κ2) is 1.95. The van der Waals surface area contributed by atoms with Crippen LogP contribution in [0.3, 0.4) is 0 Å². The topological polar surface area (TPSA) is 32.3 Å². The van der Waals surface area contributed by atoms with Crippen molar-refractivity contribution in [2.75, 3.05) is 13.6 Å². The quantitative estimate of drug-likeness (QED) is 0.582. The van der Waals surface area contributed by atoms with Gasteiger partial charge in [0.1, 0.15) is 0 Å². The van der Waals surface area contributed by atoms with Crippen molar-refractivity contribution in [1.82, 2.24) is 5.32 Å². The van der Waals surface area contributed by atoms with Crippen LogP contribution in [-0.2, 0) is 0 Å². The largest absolute Gasteiger partial charge is 0.393 e. The van der Waals surface area contributed by atoms with Gasteiger partial charge in [0.05, 0.1) is 6.10 Å². The Labute approximate surface area is 61.6 Å². The summed E-state index contributed by atoms with van der Waals surface area (Å²) < 4.78 is 0. The summed E-state index contributed by atoms with van der Waals surface area (Å²) >= 11 is 0. The number of fused-ring (bicyclic) bond motifs is 1. The van der Waals surface area contributed by atoms with Gasteiger partial charge in [-0.15, -0.1) is 0 Å². The van der Waals surface area contributed by atoms with E-state index in [-0.39, 0.29) is 6.10 Å². The summed E-state index contributed by atoms with van der Waals surface area (Å²) in [5.74, 6) is 0.843. The van der Waals surface area contributed by atoms with E-state index in [0.29, 0.717) is 5.41 Å². The molecule has 0 aromatic heterocycles. The first-order chi connectivity index (χ1) is 4.77. The van der Waals surface area contributed by atoms with Crippen LogP contribution in [0.15, 0.2) is 0 Å². The highest BCUT2D eigenvalue weighted by molar-refractivity contribution is 5.10. The lowest BCUT2D eigenvalue weighted by Gasteiger charge is -2.11. The fourth-order valence-corrected chi connectivity index (χ4v) is 2.54. The van der Waals surface area contributed by atoms with Gasteiger partial charge in [0, 0.05) is 6.54 Å². The summed E-state index contributed by atoms with van der Waals surface area (Å²) in [7, 11) is 1.99. The van der Waals surface area contributed by atoms with E-state index in [1.54, 1.807) is 0 Å². The Morgan fingerprint density at radius 3 is 2.90 bits per heavy atom. The molecule has 0 bridgehead atoms. The molecule has 0 aromatic carbocycles. The minimum absolute atomic E-state index is 0.00657. The van der Waals surface area contributed by atoms with E-state index in [1.165, 1.54) is 6.42 Å².